The summed E-state index contributed by atoms with van der Waals surface area (Å²) in [5.74, 6) is 0. The minimum Gasteiger partial charge on any atom is -0.437 e. The van der Waals surface area contributed by atoms with Crippen LogP contribution in [0.15, 0.2) is 60.7 Å². The monoisotopic (exact) mass is 194 g/mol. The van der Waals surface area contributed by atoms with Gasteiger partial charge in [-0.05, 0) is 11.1 Å². The van der Waals surface area contributed by atoms with E-state index < -0.39 is 0 Å². The lowest BCUT2D eigenvalue weighted by atomic mass is 10.0. The molecule has 0 aliphatic carbocycles. The van der Waals surface area contributed by atoms with Crippen LogP contribution >= 0.6 is 0 Å². The highest BCUT2D eigenvalue weighted by molar-refractivity contribution is 5.98. The van der Waals surface area contributed by atoms with Gasteiger partial charge in [0.15, 0.2) is 0 Å². The van der Waals surface area contributed by atoms with E-state index in [1.54, 1.807) is 0 Å². The van der Waals surface area contributed by atoms with Crippen molar-refractivity contribution in [2.45, 2.75) is 6.10 Å². The molecule has 0 amide bonds. The summed E-state index contributed by atoms with van der Waals surface area (Å²) in [6.45, 7) is 0. The molecule has 2 radical (unpaired) electrons. The predicted molar refractivity (Wildman–Crippen MR) is 61.6 cm³/mol. The second kappa shape index (κ2) is 4.81. The van der Waals surface area contributed by atoms with Gasteiger partial charge < -0.3 is 4.65 Å². The highest BCUT2D eigenvalue weighted by Gasteiger charge is 2.10. The predicted octanol–water partition coefficient (Wildman–Crippen LogP) is 2.88. The maximum absolute atomic E-state index is 5.34. The van der Waals surface area contributed by atoms with Gasteiger partial charge in [-0.25, -0.2) is 0 Å². The summed E-state index contributed by atoms with van der Waals surface area (Å²) in [5, 5.41) is 0. The van der Waals surface area contributed by atoms with Gasteiger partial charge in [-0.15, -0.1) is 0 Å². The summed E-state index contributed by atoms with van der Waals surface area (Å²) in [5.41, 5.74) is 2.12. The van der Waals surface area contributed by atoms with Crippen LogP contribution in [-0.4, -0.2) is 8.05 Å². The molecule has 0 saturated carbocycles. The Hall–Kier alpha value is -1.54. The minimum atomic E-state index is -0.188. The number of hydrogen-bond acceptors (Lipinski definition) is 1. The molecule has 0 unspecified atom stereocenters. The summed E-state index contributed by atoms with van der Waals surface area (Å²) in [7, 11) is 5.34. The van der Waals surface area contributed by atoms with Crippen LogP contribution in [-0.2, 0) is 4.65 Å². The molecule has 15 heavy (non-hydrogen) atoms. The third-order valence-electron chi connectivity index (χ3n) is 2.34. The Morgan fingerprint density at radius 3 is 1.47 bits per heavy atom. The van der Waals surface area contributed by atoms with Crippen LogP contribution in [0.25, 0.3) is 0 Å². The van der Waals surface area contributed by atoms with Crippen molar-refractivity contribution in [3.63, 3.8) is 0 Å². The second-order valence-corrected chi connectivity index (χ2v) is 3.34. The zero-order valence-corrected chi connectivity index (χ0v) is 8.34. The van der Waals surface area contributed by atoms with Crippen molar-refractivity contribution in [3.8, 4) is 0 Å². The molecule has 2 aromatic rings. The SMILES string of the molecule is [B]OC(c1ccccc1)c1ccccc1. The van der Waals surface area contributed by atoms with Crippen molar-refractivity contribution in [2.75, 3.05) is 0 Å². The standard InChI is InChI=1S/C13H11BO/c14-15-13(11-7-3-1-4-8-11)12-9-5-2-6-10-12/h1-10,13H. The van der Waals surface area contributed by atoms with E-state index in [1.165, 1.54) is 0 Å². The molecule has 2 rings (SSSR count). The molecule has 2 heteroatoms. The first-order valence-electron chi connectivity index (χ1n) is 4.87. The largest absolute Gasteiger partial charge is 0.437 e. The summed E-state index contributed by atoms with van der Waals surface area (Å²) in [4.78, 5) is 0. The molecule has 0 aliphatic rings. The Kier molecular flexibility index (Phi) is 3.20. The smallest absolute Gasteiger partial charge is 0.283 e. The molecule has 0 aliphatic heterocycles. The third-order valence-corrected chi connectivity index (χ3v) is 2.34. The third kappa shape index (κ3) is 2.28. The number of hydrogen-bond donors (Lipinski definition) is 0. The van der Waals surface area contributed by atoms with Gasteiger partial charge in [0, 0.05) is 0 Å². The molecule has 0 spiro atoms. The first-order valence-corrected chi connectivity index (χ1v) is 4.87. The van der Waals surface area contributed by atoms with Crippen molar-refractivity contribution < 1.29 is 4.65 Å². The lowest BCUT2D eigenvalue weighted by Gasteiger charge is -2.16. The van der Waals surface area contributed by atoms with Crippen LogP contribution < -0.4 is 0 Å². The van der Waals surface area contributed by atoms with Gasteiger partial charge in [-0.1, -0.05) is 60.7 Å². The molecule has 0 fully saturated rings. The maximum Gasteiger partial charge on any atom is 0.283 e. The van der Waals surface area contributed by atoms with Crippen LogP contribution in [0.4, 0.5) is 0 Å². The first kappa shape index (κ1) is 10.00. The van der Waals surface area contributed by atoms with E-state index in [4.69, 9.17) is 12.7 Å². The van der Waals surface area contributed by atoms with Crippen LogP contribution in [0.3, 0.4) is 0 Å². The van der Waals surface area contributed by atoms with Gasteiger partial charge >= 0.3 is 0 Å². The van der Waals surface area contributed by atoms with Crippen molar-refractivity contribution in [1.29, 1.82) is 0 Å². The summed E-state index contributed by atoms with van der Waals surface area (Å²) in [6.07, 6.45) is -0.188. The van der Waals surface area contributed by atoms with Gasteiger partial charge in [0.05, 0.1) is 6.10 Å². The van der Waals surface area contributed by atoms with E-state index in [2.05, 4.69) is 0 Å². The van der Waals surface area contributed by atoms with Crippen molar-refractivity contribution in [3.05, 3.63) is 71.8 Å². The van der Waals surface area contributed by atoms with Crippen LogP contribution in [0.5, 0.6) is 0 Å². The zero-order chi connectivity index (χ0) is 10.5. The lowest BCUT2D eigenvalue weighted by molar-refractivity contribution is 0.273. The van der Waals surface area contributed by atoms with Crippen LogP contribution in [0.1, 0.15) is 17.2 Å². The van der Waals surface area contributed by atoms with Crippen LogP contribution in [0.2, 0.25) is 0 Å². The average Bonchev–Trinajstić information content (AvgIpc) is 2.33. The van der Waals surface area contributed by atoms with Crippen molar-refractivity contribution >= 4 is 8.05 Å². The van der Waals surface area contributed by atoms with Crippen LogP contribution in [0, 0.1) is 0 Å². The fourth-order valence-electron chi connectivity index (χ4n) is 1.61. The van der Waals surface area contributed by atoms with Gasteiger partial charge in [0.2, 0.25) is 0 Å². The highest BCUT2D eigenvalue weighted by Crippen LogP contribution is 2.24. The Balaban J connectivity index is 2.34. The Morgan fingerprint density at radius 2 is 1.13 bits per heavy atom. The fourth-order valence-corrected chi connectivity index (χ4v) is 1.61. The Bertz CT molecular complexity index is 360. The Morgan fingerprint density at radius 1 is 0.733 bits per heavy atom. The fraction of sp³-hybridized carbons (Fsp3) is 0.0769. The second-order valence-electron chi connectivity index (χ2n) is 3.34. The average molecular weight is 194 g/mol. The molecule has 2 aromatic carbocycles. The van der Waals surface area contributed by atoms with Crippen molar-refractivity contribution in [1.82, 2.24) is 0 Å². The van der Waals surface area contributed by atoms with E-state index in [0.717, 1.165) is 11.1 Å². The maximum atomic E-state index is 5.34. The van der Waals surface area contributed by atoms with Gasteiger partial charge in [0.25, 0.3) is 8.05 Å². The quantitative estimate of drug-likeness (QED) is 0.682. The molecule has 0 N–H and O–H groups in total. The zero-order valence-electron chi connectivity index (χ0n) is 8.34. The topological polar surface area (TPSA) is 9.23 Å². The number of rotatable bonds is 3. The first-order chi connectivity index (χ1) is 7.42. The highest BCUT2D eigenvalue weighted by atomic mass is 16.4. The molecule has 0 aromatic heterocycles. The summed E-state index contributed by atoms with van der Waals surface area (Å²) < 4.78 is 5.02. The molecular weight excluding hydrogens is 183 g/mol. The normalized spacial score (nSPS) is 10.5. The molecule has 0 saturated heterocycles. The summed E-state index contributed by atoms with van der Waals surface area (Å²) >= 11 is 0. The van der Waals surface area contributed by atoms with Gasteiger partial charge in [-0.3, -0.25) is 0 Å². The van der Waals surface area contributed by atoms with E-state index in [1.807, 2.05) is 60.7 Å². The Labute approximate surface area is 91.2 Å². The number of benzene rings is 2. The van der Waals surface area contributed by atoms with Crippen molar-refractivity contribution in [2.24, 2.45) is 0 Å². The van der Waals surface area contributed by atoms with E-state index in [-0.39, 0.29) is 6.10 Å². The van der Waals surface area contributed by atoms with E-state index in [0.29, 0.717) is 0 Å². The molecule has 0 atom stereocenters. The van der Waals surface area contributed by atoms with Gasteiger partial charge in [0.1, 0.15) is 0 Å². The minimum absolute atomic E-state index is 0.188. The van der Waals surface area contributed by atoms with E-state index in [9.17, 15) is 0 Å². The molecule has 0 heterocycles. The summed E-state index contributed by atoms with van der Waals surface area (Å²) in [6, 6.07) is 19.9. The van der Waals surface area contributed by atoms with E-state index >= 15 is 0 Å². The molecule has 72 valence electrons. The molecule has 0 bridgehead atoms. The van der Waals surface area contributed by atoms with Gasteiger partial charge in [-0.2, -0.15) is 0 Å². The molecule has 1 nitrogen and oxygen atoms in total. The molecular formula is C13H11BO. The lowest BCUT2D eigenvalue weighted by Crippen LogP contribution is -2.03.